The van der Waals surface area contributed by atoms with Crippen LogP contribution in [0.5, 0.6) is 0 Å². The molecule has 2 aromatic carbocycles. The molecule has 0 bridgehead atoms. The number of carbonyl (C=O) groups excluding carboxylic acids is 2. The van der Waals surface area contributed by atoms with Gasteiger partial charge in [-0.05, 0) is 37.3 Å². The third-order valence-corrected chi connectivity index (χ3v) is 8.14. The molecule has 4 atom stereocenters. The summed E-state index contributed by atoms with van der Waals surface area (Å²) in [7, 11) is 0. The zero-order chi connectivity index (χ0) is 22.7. The highest BCUT2D eigenvalue weighted by Crippen LogP contribution is 2.57. The monoisotopic (exact) mass is 449 g/mol. The van der Waals surface area contributed by atoms with Crippen molar-refractivity contribution in [2.24, 2.45) is 0 Å². The summed E-state index contributed by atoms with van der Waals surface area (Å²) in [6.07, 6.45) is 2.62. The number of quaternary nitrogens is 1. The SMILES string of the molecule is C[C@@]1(c2ccccc2)O[C@H]1[B-]12OC(=O)C[N+]1([C@@H]1CCC[C@H]1OCc1ccccc1)CC(=O)O2. The van der Waals surface area contributed by atoms with Gasteiger partial charge in [-0.2, -0.15) is 0 Å². The van der Waals surface area contributed by atoms with Crippen molar-refractivity contribution < 1.29 is 32.8 Å². The van der Waals surface area contributed by atoms with Crippen molar-refractivity contribution in [1.29, 1.82) is 0 Å². The second-order valence-corrected chi connectivity index (χ2v) is 9.97. The lowest BCUT2D eigenvalue weighted by Crippen LogP contribution is -2.72. The van der Waals surface area contributed by atoms with Crippen molar-refractivity contribution in [3.05, 3.63) is 71.8 Å². The van der Waals surface area contributed by atoms with Crippen LogP contribution in [-0.4, -0.2) is 54.3 Å². The van der Waals surface area contributed by atoms with E-state index in [4.69, 9.17) is 18.8 Å². The van der Waals surface area contributed by atoms with Gasteiger partial charge in [-0.25, -0.2) is 0 Å². The molecule has 4 fully saturated rings. The third-order valence-electron chi connectivity index (χ3n) is 8.14. The number of hydrogen-bond donors (Lipinski definition) is 0. The van der Waals surface area contributed by atoms with Crippen LogP contribution in [0.1, 0.15) is 37.3 Å². The standard InChI is InChI=1S/C25H28BNO6/c1-25(19-11-6-3-7-12-19)24(31-25)26-27(15-22(28)32-26,16-23(29)33-26)20-13-8-14-21(20)30-17-18-9-4-2-5-10-18/h2-7,9-12,20-21,24H,8,13-17H2,1H3/t20-,21-,24-,25+,26?,27?/m1/s1. The highest BCUT2D eigenvalue weighted by Gasteiger charge is 2.82. The molecule has 3 saturated heterocycles. The Bertz CT molecular complexity index is 1060. The third kappa shape index (κ3) is 3.08. The highest BCUT2D eigenvalue weighted by atomic mass is 16.7. The number of carbonyl (C=O) groups is 2. The van der Waals surface area contributed by atoms with E-state index in [1.54, 1.807) is 0 Å². The molecule has 1 saturated carbocycles. The Morgan fingerprint density at radius 2 is 1.61 bits per heavy atom. The predicted octanol–water partition coefficient (Wildman–Crippen LogP) is 2.85. The zero-order valence-corrected chi connectivity index (χ0v) is 18.7. The number of nitrogens with zero attached hydrogens (tertiary/aromatic N) is 1. The fourth-order valence-electron chi connectivity index (χ4n) is 6.56. The van der Waals surface area contributed by atoms with Crippen LogP contribution < -0.4 is 0 Å². The molecule has 0 amide bonds. The highest BCUT2D eigenvalue weighted by molar-refractivity contribution is 6.68. The van der Waals surface area contributed by atoms with Gasteiger partial charge in [0.15, 0.2) is 0 Å². The second-order valence-electron chi connectivity index (χ2n) is 9.97. The number of fused-ring (bicyclic) bond motifs is 1. The van der Waals surface area contributed by atoms with Crippen molar-refractivity contribution >= 4 is 18.6 Å². The first-order chi connectivity index (χ1) is 16.0. The summed E-state index contributed by atoms with van der Waals surface area (Å²) in [5.41, 5.74) is 1.42. The molecule has 33 heavy (non-hydrogen) atoms. The van der Waals surface area contributed by atoms with Crippen LogP contribution in [0, 0.1) is 0 Å². The summed E-state index contributed by atoms with van der Waals surface area (Å²) in [6.45, 7) is 0.353. The fraction of sp³-hybridized carbons (Fsp3) is 0.440. The Balaban J connectivity index is 1.33. The van der Waals surface area contributed by atoms with Crippen molar-refractivity contribution in [3.8, 4) is 0 Å². The van der Waals surface area contributed by atoms with Crippen molar-refractivity contribution in [1.82, 2.24) is 0 Å². The Morgan fingerprint density at radius 1 is 0.970 bits per heavy atom. The molecular formula is C25H28BNO6. The van der Waals surface area contributed by atoms with Gasteiger partial charge in [0.05, 0.1) is 18.2 Å². The molecule has 4 aliphatic rings. The molecule has 8 heteroatoms. The molecule has 172 valence electrons. The number of hydrogen-bond acceptors (Lipinski definition) is 6. The van der Waals surface area contributed by atoms with E-state index < -0.39 is 18.3 Å². The van der Waals surface area contributed by atoms with Crippen LogP contribution >= 0.6 is 0 Å². The summed E-state index contributed by atoms with van der Waals surface area (Å²) in [4.78, 5) is 25.6. The molecule has 0 unspecified atom stereocenters. The quantitative estimate of drug-likeness (QED) is 0.499. The number of ether oxygens (including phenoxy) is 2. The van der Waals surface area contributed by atoms with Gasteiger partial charge in [0.2, 0.25) is 0 Å². The Labute approximate surface area is 193 Å². The fourth-order valence-corrected chi connectivity index (χ4v) is 6.56. The lowest BCUT2D eigenvalue weighted by Gasteiger charge is -2.49. The summed E-state index contributed by atoms with van der Waals surface area (Å²) in [5.74, 6) is -0.663. The molecule has 3 heterocycles. The Hall–Kier alpha value is -2.68. The molecule has 0 aromatic heterocycles. The Kier molecular flexibility index (Phi) is 4.70. The normalized spacial score (nSPS) is 39.2. The average molecular weight is 449 g/mol. The molecule has 0 N–H and O–H groups in total. The van der Waals surface area contributed by atoms with E-state index in [2.05, 4.69) is 0 Å². The summed E-state index contributed by atoms with van der Waals surface area (Å²) < 4.78 is 24.8. The van der Waals surface area contributed by atoms with Gasteiger partial charge >= 0.3 is 18.6 Å². The Morgan fingerprint density at radius 3 is 2.27 bits per heavy atom. The number of rotatable bonds is 6. The molecule has 0 spiro atoms. The van der Waals surface area contributed by atoms with Crippen LogP contribution in [0.4, 0.5) is 0 Å². The molecule has 0 radical (unpaired) electrons. The summed E-state index contributed by atoms with van der Waals surface area (Å²) in [5, 5.41) is 0. The van der Waals surface area contributed by atoms with Gasteiger partial charge < -0.3 is 23.2 Å². The minimum absolute atomic E-state index is 0.0594. The van der Waals surface area contributed by atoms with E-state index >= 15 is 0 Å². The maximum absolute atomic E-state index is 12.8. The van der Waals surface area contributed by atoms with Gasteiger partial charge in [-0.15, -0.1) is 0 Å². The van der Waals surface area contributed by atoms with Crippen LogP contribution in [0.3, 0.4) is 0 Å². The van der Waals surface area contributed by atoms with Gasteiger partial charge in [-0.3, -0.25) is 9.59 Å². The molecule has 7 nitrogen and oxygen atoms in total. The lowest BCUT2D eigenvalue weighted by molar-refractivity contribution is -0.846. The van der Waals surface area contributed by atoms with Crippen molar-refractivity contribution in [2.45, 2.75) is 56.5 Å². The van der Waals surface area contributed by atoms with Crippen LogP contribution in [-0.2, 0) is 40.6 Å². The summed E-state index contributed by atoms with van der Waals surface area (Å²) in [6, 6.07) is 19.3. The molecule has 3 aliphatic heterocycles. The average Bonchev–Trinajstić information content (AvgIpc) is 3.08. The van der Waals surface area contributed by atoms with Crippen LogP contribution in [0.25, 0.3) is 0 Å². The minimum Gasteiger partial charge on any atom is -0.598 e. The van der Waals surface area contributed by atoms with E-state index in [9.17, 15) is 9.59 Å². The maximum atomic E-state index is 12.8. The van der Waals surface area contributed by atoms with Crippen molar-refractivity contribution in [2.75, 3.05) is 13.1 Å². The molecule has 6 rings (SSSR count). The zero-order valence-electron chi connectivity index (χ0n) is 18.7. The number of epoxide rings is 1. The molecular weight excluding hydrogens is 421 g/mol. The van der Waals surface area contributed by atoms with E-state index in [1.807, 2.05) is 67.6 Å². The summed E-state index contributed by atoms with van der Waals surface area (Å²) >= 11 is 0. The van der Waals surface area contributed by atoms with Gasteiger partial charge in [0.1, 0.15) is 25.2 Å². The van der Waals surface area contributed by atoms with E-state index in [-0.39, 0.29) is 41.6 Å². The van der Waals surface area contributed by atoms with E-state index in [0.29, 0.717) is 6.61 Å². The largest absolute Gasteiger partial charge is 0.615 e. The van der Waals surface area contributed by atoms with Gasteiger partial charge in [0.25, 0.3) is 0 Å². The maximum Gasteiger partial charge on any atom is 0.615 e. The first kappa shape index (κ1) is 20.9. The first-order valence-corrected chi connectivity index (χ1v) is 11.8. The van der Waals surface area contributed by atoms with Crippen LogP contribution in [0.2, 0.25) is 0 Å². The van der Waals surface area contributed by atoms with Crippen molar-refractivity contribution in [3.63, 3.8) is 0 Å². The van der Waals surface area contributed by atoms with E-state index in [1.165, 1.54) is 0 Å². The minimum atomic E-state index is -2.36. The topological polar surface area (TPSA) is 74.4 Å². The predicted molar refractivity (Wildman–Crippen MR) is 119 cm³/mol. The molecule has 1 aliphatic carbocycles. The number of benzene rings is 2. The van der Waals surface area contributed by atoms with Gasteiger partial charge in [0, 0.05) is 0 Å². The van der Waals surface area contributed by atoms with Gasteiger partial charge in [-0.1, -0.05) is 60.7 Å². The van der Waals surface area contributed by atoms with Crippen LogP contribution in [0.15, 0.2) is 60.7 Å². The lowest BCUT2D eigenvalue weighted by atomic mass is 9.58. The smallest absolute Gasteiger partial charge is 0.598 e. The molecule has 2 aromatic rings. The second kappa shape index (κ2) is 7.42. The van der Waals surface area contributed by atoms with E-state index in [0.717, 1.165) is 30.4 Å². The first-order valence-electron chi connectivity index (χ1n) is 11.8.